The molecule has 108 valence electrons. The van der Waals surface area contributed by atoms with E-state index >= 15 is 0 Å². The molecule has 0 atom stereocenters. The first kappa shape index (κ1) is 15.3. The lowest BCUT2D eigenvalue weighted by Crippen LogP contribution is -2.32. The van der Waals surface area contributed by atoms with Crippen LogP contribution in [-0.2, 0) is 13.0 Å². The molecule has 1 heterocycles. The molecular formula is C20H24N+. The molecule has 1 nitrogen and oxygen atoms in total. The molecule has 1 aromatic carbocycles. The van der Waals surface area contributed by atoms with Crippen molar-refractivity contribution in [3.63, 3.8) is 0 Å². The van der Waals surface area contributed by atoms with E-state index in [2.05, 4.69) is 79.0 Å². The Labute approximate surface area is 128 Å². The van der Waals surface area contributed by atoms with Crippen molar-refractivity contribution >= 4 is 0 Å². The quantitative estimate of drug-likeness (QED) is 0.441. The standard InChI is InChI=1S/C20H24N/c1-3-7-19-9-11-20(12-10-19)8-5-4-6-15-21-16-13-18(2)14-17-21/h9-14,16-17H,3-4,6-7,15H2,1-2H3/q+1. The second-order valence-corrected chi connectivity index (χ2v) is 5.47. The number of aryl methyl sites for hydroxylation is 3. The number of hydrogen-bond acceptors (Lipinski definition) is 0. The summed E-state index contributed by atoms with van der Waals surface area (Å²) in [7, 11) is 0. The molecule has 0 aliphatic rings. The number of pyridine rings is 1. The maximum atomic E-state index is 3.27. The summed E-state index contributed by atoms with van der Waals surface area (Å²) in [4.78, 5) is 0. The average molecular weight is 278 g/mol. The van der Waals surface area contributed by atoms with Gasteiger partial charge in [0.05, 0.1) is 0 Å². The summed E-state index contributed by atoms with van der Waals surface area (Å²) in [5, 5.41) is 0. The normalized spacial score (nSPS) is 10.0. The molecule has 0 aliphatic carbocycles. The summed E-state index contributed by atoms with van der Waals surface area (Å²) in [6.07, 6.45) is 8.65. The van der Waals surface area contributed by atoms with E-state index in [9.17, 15) is 0 Å². The van der Waals surface area contributed by atoms with Crippen molar-refractivity contribution in [2.75, 3.05) is 0 Å². The van der Waals surface area contributed by atoms with Gasteiger partial charge in [-0.3, -0.25) is 0 Å². The second kappa shape index (κ2) is 8.27. The Hall–Kier alpha value is -2.07. The van der Waals surface area contributed by atoms with Crippen LogP contribution in [0.5, 0.6) is 0 Å². The van der Waals surface area contributed by atoms with Crippen LogP contribution in [0, 0.1) is 18.8 Å². The zero-order chi connectivity index (χ0) is 14.9. The molecule has 21 heavy (non-hydrogen) atoms. The number of unbranched alkanes of at least 4 members (excludes halogenated alkanes) is 1. The molecule has 0 aliphatic heterocycles. The Morgan fingerprint density at radius 1 is 1.00 bits per heavy atom. The summed E-state index contributed by atoms with van der Waals surface area (Å²) in [5.41, 5.74) is 3.83. The number of benzene rings is 1. The fourth-order valence-electron chi connectivity index (χ4n) is 2.24. The third kappa shape index (κ3) is 5.44. The second-order valence-electron chi connectivity index (χ2n) is 5.47. The van der Waals surface area contributed by atoms with Gasteiger partial charge in [0.25, 0.3) is 0 Å². The van der Waals surface area contributed by atoms with Crippen LogP contribution in [0.2, 0.25) is 0 Å². The zero-order valence-corrected chi connectivity index (χ0v) is 13.1. The van der Waals surface area contributed by atoms with Crippen LogP contribution in [0.4, 0.5) is 0 Å². The van der Waals surface area contributed by atoms with Crippen LogP contribution in [-0.4, -0.2) is 0 Å². The van der Waals surface area contributed by atoms with Gasteiger partial charge in [0.1, 0.15) is 6.54 Å². The Morgan fingerprint density at radius 3 is 2.38 bits per heavy atom. The first-order chi connectivity index (χ1) is 10.3. The molecule has 1 aromatic heterocycles. The zero-order valence-electron chi connectivity index (χ0n) is 13.1. The van der Waals surface area contributed by atoms with Gasteiger partial charge < -0.3 is 0 Å². The molecule has 0 saturated heterocycles. The molecule has 0 fully saturated rings. The molecule has 0 bridgehead atoms. The van der Waals surface area contributed by atoms with Crippen molar-refractivity contribution in [3.05, 3.63) is 65.5 Å². The van der Waals surface area contributed by atoms with Gasteiger partial charge in [0.15, 0.2) is 12.4 Å². The molecule has 0 spiro atoms. The van der Waals surface area contributed by atoms with Gasteiger partial charge in [0.2, 0.25) is 0 Å². The Balaban J connectivity index is 1.77. The van der Waals surface area contributed by atoms with Crippen LogP contribution in [0.25, 0.3) is 0 Å². The van der Waals surface area contributed by atoms with Crippen molar-refractivity contribution in [2.24, 2.45) is 0 Å². The van der Waals surface area contributed by atoms with Crippen LogP contribution < -0.4 is 4.57 Å². The molecule has 0 N–H and O–H groups in total. The number of nitrogens with zero attached hydrogens (tertiary/aromatic N) is 1. The lowest BCUT2D eigenvalue weighted by atomic mass is 10.1. The monoisotopic (exact) mass is 278 g/mol. The smallest absolute Gasteiger partial charge is 0.169 e. The van der Waals surface area contributed by atoms with Gasteiger partial charge in [0, 0.05) is 30.5 Å². The van der Waals surface area contributed by atoms with Gasteiger partial charge >= 0.3 is 0 Å². The van der Waals surface area contributed by atoms with E-state index in [0.717, 1.165) is 31.4 Å². The van der Waals surface area contributed by atoms with Gasteiger partial charge in [-0.2, -0.15) is 0 Å². The summed E-state index contributed by atoms with van der Waals surface area (Å²) in [6.45, 7) is 5.35. The van der Waals surface area contributed by atoms with Crippen molar-refractivity contribution in [1.82, 2.24) is 0 Å². The largest absolute Gasteiger partial charge is 0.205 e. The fraction of sp³-hybridized carbons (Fsp3) is 0.350. The molecule has 1 heteroatoms. The van der Waals surface area contributed by atoms with Crippen molar-refractivity contribution < 1.29 is 4.57 Å². The predicted octanol–water partition coefficient (Wildman–Crippen LogP) is 4.07. The minimum atomic E-state index is 0.942. The Bertz CT molecular complexity index is 597. The van der Waals surface area contributed by atoms with Crippen LogP contribution in [0.15, 0.2) is 48.8 Å². The molecule has 0 amide bonds. The molecule has 0 saturated carbocycles. The van der Waals surface area contributed by atoms with E-state index in [1.165, 1.54) is 17.5 Å². The van der Waals surface area contributed by atoms with E-state index in [-0.39, 0.29) is 0 Å². The minimum Gasteiger partial charge on any atom is -0.205 e. The molecule has 0 radical (unpaired) electrons. The first-order valence-corrected chi connectivity index (χ1v) is 7.81. The van der Waals surface area contributed by atoms with E-state index in [0.29, 0.717) is 0 Å². The third-order valence-electron chi connectivity index (χ3n) is 3.50. The van der Waals surface area contributed by atoms with Gasteiger partial charge in [-0.25, -0.2) is 4.57 Å². The number of hydrogen-bond donors (Lipinski definition) is 0. The van der Waals surface area contributed by atoms with Crippen molar-refractivity contribution in [3.8, 4) is 11.8 Å². The molecule has 2 rings (SSSR count). The predicted molar refractivity (Wildman–Crippen MR) is 87.9 cm³/mol. The van der Waals surface area contributed by atoms with E-state index in [1.807, 2.05) is 0 Å². The van der Waals surface area contributed by atoms with E-state index in [4.69, 9.17) is 0 Å². The van der Waals surface area contributed by atoms with Gasteiger partial charge in [-0.1, -0.05) is 37.3 Å². The molecular weight excluding hydrogens is 254 g/mol. The Morgan fingerprint density at radius 2 is 1.71 bits per heavy atom. The third-order valence-corrected chi connectivity index (χ3v) is 3.50. The minimum absolute atomic E-state index is 0.942. The first-order valence-electron chi connectivity index (χ1n) is 7.81. The average Bonchev–Trinajstić information content (AvgIpc) is 2.51. The van der Waals surface area contributed by atoms with Crippen LogP contribution in [0.3, 0.4) is 0 Å². The van der Waals surface area contributed by atoms with E-state index in [1.54, 1.807) is 0 Å². The van der Waals surface area contributed by atoms with Crippen LogP contribution >= 0.6 is 0 Å². The topological polar surface area (TPSA) is 3.88 Å². The SMILES string of the molecule is CCCc1ccc(C#CCCC[n+]2ccc(C)cc2)cc1. The van der Waals surface area contributed by atoms with Crippen LogP contribution in [0.1, 0.15) is 42.9 Å². The number of aromatic nitrogens is 1. The van der Waals surface area contributed by atoms with Crippen molar-refractivity contribution in [2.45, 2.75) is 46.1 Å². The summed E-state index contributed by atoms with van der Waals surface area (Å²) < 4.78 is 2.22. The number of rotatable bonds is 5. The lowest BCUT2D eigenvalue weighted by Gasteiger charge is -1.97. The summed E-state index contributed by atoms with van der Waals surface area (Å²) in [6, 6.07) is 12.9. The van der Waals surface area contributed by atoms with E-state index < -0.39 is 0 Å². The summed E-state index contributed by atoms with van der Waals surface area (Å²) >= 11 is 0. The fourth-order valence-corrected chi connectivity index (χ4v) is 2.24. The lowest BCUT2D eigenvalue weighted by molar-refractivity contribution is -0.697. The maximum Gasteiger partial charge on any atom is 0.169 e. The highest BCUT2D eigenvalue weighted by Crippen LogP contribution is 2.05. The van der Waals surface area contributed by atoms with Gasteiger partial charge in [-0.15, -0.1) is 0 Å². The highest BCUT2D eigenvalue weighted by atomic mass is 14.9. The molecule has 2 aromatic rings. The highest BCUT2D eigenvalue weighted by molar-refractivity contribution is 5.36. The highest BCUT2D eigenvalue weighted by Gasteiger charge is 1.97. The van der Waals surface area contributed by atoms with Gasteiger partial charge in [-0.05, 0) is 36.6 Å². The Kier molecular flexibility index (Phi) is 6.03. The summed E-state index contributed by atoms with van der Waals surface area (Å²) in [5.74, 6) is 6.52. The molecule has 0 unspecified atom stereocenters. The van der Waals surface area contributed by atoms with Crippen molar-refractivity contribution in [1.29, 1.82) is 0 Å². The maximum absolute atomic E-state index is 3.27.